The van der Waals surface area contributed by atoms with Crippen molar-refractivity contribution in [3.05, 3.63) is 35.8 Å². The number of aliphatic hydroxyl groups excluding tert-OH is 1. The van der Waals surface area contributed by atoms with Gasteiger partial charge in [0.2, 0.25) is 0 Å². The molecular weight excluding hydrogens is 183 g/mol. The minimum Gasteiger partial charge on any atom is -0.387 e. The van der Waals surface area contributed by atoms with E-state index in [2.05, 4.69) is 4.98 Å². The first kappa shape index (κ1) is 9.18. The predicted molar refractivity (Wildman–Crippen MR) is 52.3 cm³/mol. The van der Waals surface area contributed by atoms with Crippen LogP contribution in [0.3, 0.4) is 0 Å². The fourth-order valence-corrected chi connectivity index (χ4v) is 1.47. The highest BCUT2D eigenvalue weighted by Crippen LogP contribution is 2.22. The van der Waals surface area contributed by atoms with Crippen LogP contribution in [0, 0.1) is 5.82 Å². The maximum absolute atomic E-state index is 13.4. The lowest BCUT2D eigenvalue weighted by Gasteiger charge is -2.09. The van der Waals surface area contributed by atoms with Crippen LogP contribution in [0.15, 0.2) is 24.4 Å². The quantitative estimate of drug-likeness (QED) is 0.674. The van der Waals surface area contributed by atoms with E-state index in [0.29, 0.717) is 0 Å². The molecule has 0 saturated carbocycles. The van der Waals surface area contributed by atoms with Gasteiger partial charge in [-0.15, -0.1) is 0 Å². The number of rotatable bonds is 2. The second kappa shape index (κ2) is 3.40. The van der Waals surface area contributed by atoms with Crippen LogP contribution in [0.25, 0.3) is 10.9 Å². The van der Waals surface area contributed by atoms with Crippen molar-refractivity contribution >= 4 is 10.9 Å². The highest BCUT2D eigenvalue weighted by Gasteiger charge is 2.12. The Morgan fingerprint density at radius 2 is 2.29 bits per heavy atom. The summed E-state index contributed by atoms with van der Waals surface area (Å²) < 4.78 is 13.4. The number of aliphatic hydroxyl groups is 1. The number of fused-ring (bicyclic) bond motifs is 1. The molecule has 0 saturated heterocycles. The Morgan fingerprint density at radius 1 is 1.50 bits per heavy atom. The number of aromatic nitrogens is 1. The summed E-state index contributed by atoms with van der Waals surface area (Å²) in [5.41, 5.74) is 6.30. The topological polar surface area (TPSA) is 62.0 Å². The van der Waals surface area contributed by atoms with Crippen molar-refractivity contribution in [2.75, 3.05) is 6.54 Å². The van der Waals surface area contributed by atoms with Crippen molar-refractivity contribution in [3.63, 3.8) is 0 Å². The Hall–Kier alpha value is -1.39. The molecule has 0 aliphatic heterocycles. The highest BCUT2D eigenvalue weighted by atomic mass is 19.1. The Balaban J connectivity index is 2.58. The van der Waals surface area contributed by atoms with Gasteiger partial charge in [0, 0.05) is 29.2 Å². The summed E-state index contributed by atoms with van der Waals surface area (Å²) in [7, 11) is 0. The molecule has 1 aromatic heterocycles. The van der Waals surface area contributed by atoms with E-state index < -0.39 is 11.9 Å². The van der Waals surface area contributed by atoms with Gasteiger partial charge >= 0.3 is 0 Å². The van der Waals surface area contributed by atoms with Gasteiger partial charge < -0.3 is 15.8 Å². The zero-order valence-electron chi connectivity index (χ0n) is 7.50. The number of benzene rings is 1. The normalized spacial score (nSPS) is 13.4. The molecule has 1 unspecified atom stereocenters. The number of aromatic amines is 1. The average molecular weight is 194 g/mol. The van der Waals surface area contributed by atoms with Crippen LogP contribution < -0.4 is 5.73 Å². The number of hydrogen-bond donors (Lipinski definition) is 3. The van der Waals surface area contributed by atoms with E-state index in [1.165, 1.54) is 6.07 Å². The molecule has 1 atom stereocenters. The molecule has 0 aliphatic carbocycles. The number of nitrogens with one attached hydrogen (secondary N) is 1. The molecule has 74 valence electrons. The second-order valence-corrected chi connectivity index (χ2v) is 3.19. The maximum Gasteiger partial charge on any atom is 0.129 e. The third kappa shape index (κ3) is 1.38. The Kier molecular flexibility index (Phi) is 2.23. The van der Waals surface area contributed by atoms with E-state index in [0.717, 1.165) is 10.9 Å². The van der Waals surface area contributed by atoms with Crippen LogP contribution in [0.1, 0.15) is 11.7 Å². The fraction of sp³-hybridized carbons (Fsp3) is 0.200. The first-order valence-electron chi connectivity index (χ1n) is 4.37. The van der Waals surface area contributed by atoms with Crippen LogP contribution in [0.5, 0.6) is 0 Å². The van der Waals surface area contributed by atoms with Crippen LogP contribution in [0.2, 0.25) is 0 Å². The van der Waals surface area contributed by atoms with Gasteiger partial charge in [-0.2, -0.15) is 0 Å². The Bertz CT molecular complexity index is 452. The standard InChI is InChI=1S/C10H11FN2O/c11-8-3-6-1-2-13-9(6)4-7(8)10(14)5-12/h1-4,10,13-14H,5,12H2. The molecule has 0 spiro atoms. The molecule has 0 bridgehead atoms. The summed E-state index contributed by atoms with van der Waals surface area (Å²) >= 11 is 0. The van der Waals surface area contributed by atoms with Crippen molar-refractivity contribution < 1.29 is 9.50 Å². The summed E-state index contributed by atoms with van der Waals surface area (Å²) in [4.78, 5) is 2.95. The molecule has 4 N–H and O–H groups in total. The number of nitrogens with two attached hydrogens (primary N) is 1. The molecule has 1 aromatic carbocycles. The van der Waals surface area contributed by atoms with E-state index in [1.807, 2.05) is 0 Å². The monoisotopic (exact) mass is 194 g/mol. The fourth-order valence-electron chi connectivity index (χ4n) is 1.47. The van der Waals surface area contributed by atoms with Crippen molar-refractivity contribution in [1.82, 2.24) is 4.98 Å². The van der Waals surface area contributed by atoms with Gasteiger partial charge in [-0.3, -0.25) is 0 Å². The minimum absolute atomic E-state index is 0.0170. The van der Waals surface area contributed by atoms with Crippen molar-refractivity contribution in [3.8, 4) is 0 Å². The van der Waals surface area contributed by atoms with Gasteiger partial charge in [-0.25, -0.2) is 4.39 Å². The van der Waals surface area contributed by atoms with Crippen LogP contribution in [-0.4, -0.2) is 16.6 Å². The van der Waals surface area contributed by atoms with Gasteiger partial charge in [0.1, 0.15) is 5.82 Å². The molecule has 0 amide bonds. The molecule has 1 heterocycles. The van der Waals surface area contributed by atoms with Gasteiger partial charge in [0.05, 0.1) is 6.10 Å². The SMILES string of the molecule is NCC(O)c1cc2[nH]ccc2cc1F. The molecule has 0 radical (unpaired) electrons. The van der Waals surface area contributed by atoms with Gasteiger partial charge in [-0.05, 0) is 18.2 Å². The Morgan fingerprint density at radius 3 is 3.00 bits per heavy atom. The van der Waals surface area contributed by atoms with Crippen LogP contribution in [-0.2, 0) is 0 Å². The first-order valence-corrected chi connectivity index (χ1v) is 4.37. The van der Waals surface area contributed by atoms with E-state index in [9.17, 15) is 9.50 Å². The van der Waals surface area contributed by atoms with Gasteiger partial charge in [0.15, 0.2) is 0 Å². The van der Waals surface area contributed by atoms with E-state index in [-0.39, 0.29) is 12.1 Å². The van der Waals surface area contributed by atoms with E-state index in [4.69, 9.17) is 5.73 Å². The summed E-state index contributed by atoms with van der Waals surface area (Å²) in [5.74, 6) is -0.421. The summed E-state index contributed by atoms with van der Waals surface area (Å²) in [5, 5.41) is 10.2. The molecule has 3 nitrogen and oxygen atoms in total. The van der Waals surface area contributed by atoms with Crippen molar-refractivity contribution in [2.24, 2.45) is 5.73 Å². The number of hydrogen-bond acceptors (Lipinski definition) is 2. The first-order chi connectivity index (χ1) is 6.72. The molecule has 0 fully saturated rings. The minimum atomic E-state index is -0.942. The third-order valence-corrected chi connectivity index (χ3v) is 2.25. The van der Waals surface area contributed by atoms with Crippen LogP contribution in [0.4, 0.5) is 4.39 Å². The number of halogens is 1. The summed E-state index contributed by atoms with van der Waals surface area (Å²) in [6, 6.07) is 4.75. The lowest BCUT2D eigenvalue weighted by atomic mass is 10.1. The lowest BCUT2D eigenvalue weighted by molar-refractivity contribution is 0.182. The van der Waals surface area contributed by atoms with E-state index >= 15 is 0 Å². The molecule has 2 rings (SSSR count). The van der Waals surface area contributed by atoms with E-state index in [1.54, 1.807) is 18.3 Å². The van der Waals surface area contributed by atoms with Crippen LogP contribution >= 0.6 is 0 Å². The third-order valence-electron chi connectivity index (χ3n) is 2.25. The zero-order chi connectivity index (χ0) is 10.1. The summed E-state index contributed by atoms with van der Waals surface area (Å²) in [6.45, 7) is 0.0170. The molecule has 4 heteroatoms. The molecule has 0 aliphatic rings. The molecule has 2 aromatic rings. The number of H-pyrrole nitrogens is 1. The smallest absolute Gasteiger partial charge is 0.129 e. The lowest BCUT2D eigenvalue weighted by Crippen LogP contribution is -2.12. The summed E-state index contributed by atoms with van der Waals surface area (Å²) in [6.07, 6.45) is 0.783. The average Bonchev–Trinajstić information content (AvgIpc) is 2.62. The second-order valence-electron chi connectivity index (χ2n) is 3.19. The Labute approximate surface area is 80.4 Å². The highest BCUT2D eigenvalue weighted by molar-refractivity contribution is 5.80. The van der Waals surface area contributed by atoms with Crippen molar-refractivity contribution in [1.29, 1.82) is 0 Å². The van der Waals surface area contributed by atoms with Crippen molar-refractivity contribution in [2.45, 2.75) is 6.10 Å². The predicted octanol–water partition coefficient (Wildman–Crippen LogP) is 1.30. The molecule has 14 heavy (non-hydrogen) atoms. The maximum atomic E-state index is 13.4. The largest absolute Gasteiger partial charge is 0.387 e. The van der Waals surface area contributed by atoms with Gasteiger partial charge in [-0.1, -0.05) is 0 Å². The molecular formula is C10H11FN2O. The van der Waals surface area contributed by atoms with Gasteiger partial charge in [0.25, 0.3) is 0 Å². The zero-order valence-corrected chi connectivity index (χ0v) is 7.50.